The van der Waals surface area contributed by atoms with Gasteiger partial charge < -0.3 is 20.5 Å². The Kier molecular flexibility index (Phi) is 9.23. The zero-order chi connectivity index (χ0) is 27.1. The monoisotopic (exact) mass is 536 g/mol. The highest BCUT2D eigenvalue weighted by Crippen LogP contribution is 2.24. The van der Waals surface area contributed by atoms with Gasteiger partial charge in [0.1, 0.15) is 17.4 Å². The van der Waals surface area contributed by atoms with Crippen molar-refractivity contribution in [3.63, 3.8) is 0 Å². The first-order valence-corrected chi connectivity index (χ1v) is 13.2. The first-order valence-electron chi connectivity index (χ1n) is 12.2. The van der Waals surface area contributed by atoms with E-state index in [1.807, 2.05) is 60.1 Å². The molecule has 5 nitrogen and oxygen atoms in total. The van der Waals surface area contributed by atoms with Gasteiger partial charge in [-0.1, -0.05) is 18.2 Å². The zero-order valence-electron chi connectivity index (χ0n) is 21.2. The van der Waals surface area contributed by atoms with E-state index in [0.717, 1.165) is 28.3 Å². The summed E-state index contributed by atoms with van der Waals surface area (Å²) in [5, 5.41) is 21.1. The number of carbonyl (C=O) groups excluding carboxylic acids is 1. The van der Waals surface area contributed by atoms with Gasteiger partial charge in [0.05, 0.1) is 13.2 Å². The van der Waals surface area contributed by atoms with Crippen molar-refractivity contribution >= 4 is 17.2 Å². The predicted octanol–water partition coefficient (Wildman–Crippen LogP) is 5.50. The van der Waals surface area contributed by atoms with Crippen LogP contribution in [0, 0.1) is 18.6 Å². The molecule has 0 saturated heterocycles. The topological polar surface area (TPSA) is 70.6 Å². The predicted molar refractivity (Wildman–Crippen MR) is 147 cm³/mol. The van der Waals surface area contributed by atoms with Crippen LogP contribution in [0.5, 0.6) is 5.75 Å². The Labute approximate surface area is 225 Å². The van der Waals surface area contributed by atoms with Crippen molar-refractivity contribution in [1.82, 2.24) is 10.6 Å². The first-order chi connectivity index (χ1) is 18.3. The van der Waals surface area contributed by atoms with E-state index in [4.69, 9.17) is 4.74 Å². The summed E-state index contributed by atoms with van der Waals surface area (Å²) in [7, 11) is 1.58. The van der Waals surface area contributed by atoms with Gasteiger partial charge in [-0.15, -0.1) is 0 Å². The average molecular weight is 537 g/mol. The molecule has 0 fully saturated rings. The number of rotatable bonds is 11. The Hall–Kier alpha value is -3.59. The second-order valence-electron chi connectivity index (χ2n) is 9.20. The fourth-order valence-corrected chi connectivity index (χ4v) is 4.97. The summed E-state index contributed by atoms with van der Waals surface area (Å²) < 4.78 is 32.9. The van der Waals surface area contributed by atoms with Gasteiger partial charge in [-0.3, -0.25) is 4.79 Å². The molecule has 198 valence electrons. The molecule has 4 rings (SSSR count). The van der Waals surface area contributed by atoms with Crippen LogP contribution in [0.15, 0.2) is 77.5 Å². The van der Waals surface area contributed by atoms with E-state index < -0.39 is 23.8 Å². The number of hydrogen-bond donors (Lipinski definition) is 3. The molecule has 0 bridgehead atoms. The molecule has 0 aliphatic rings. The molecule has 0 spiro atoms. The molecule has 1 heterocycles. The molecular formula is C30H30F2N2O3S. The number of nitrogens with one attached hydrogen (secondary N) is 2. The number of aliphatic hydroxyl groups excluding tert-OH is 1. The lowest BCUT2D eigenvalue weighted by Crippen LogP contribution is -2.47. The average Bonchev–Trinajstić information content (AvgIpc) is 3.44. The smallest absolute Gasteiger partial charge is 0.251 e. The van der Waals surface area contributed by atoms with E-state index in [9.17, 15) is 18.7 Å². The number of benzene rings is 3. The van der Waals surface area contributed by atoms with Crippen molar-refractivity contribution < 1.29 is 23.4 Å². The molecule has 1 amide bonds. The van der Waals surface area contributed by atoms with Crippen molar-refractivity contribution in [3.8, 4) is 16.9 Å². The number of aliphatic hydroxyl groups is 1. The van der Waals surface area contributed by atoms with Crippen molar-refractivity contribution in [1.29, 1.82) is 0 Å². The lowest BCUT2D eigenvalue weighted by Gasteiger charge is -2.25. The Morgan fingerprint density at radius 3 is 2.50 bits per heavy atom. The van der Waals surface area contributed by atoms with Crippen LogP contribution in [0.2, 0.25) is 0 Å². The SMILES string of the molecule is COc1cccc(CNC(Cc2cc(F)cc(F)c2)[C@H](O)CNC(=O)c2cc(C)cc(-c3ccsc3)c2)c1. The second-order valence-corrected chi connectivity index (χ2v) is 9.98. The maximum atomic E-state index is 13.8. The fraction of sp³-hybridized carbons (Fsp3) is 0.233. The van der Waals surface area contributed by atoms with Crippen molar-refractivity contribution in [3.05, 3.63) is 111 Å². The molecule has 4 aromatic rings. The van der Waals surface area contributed by atoms with Crippen molar-refractivity contribution in [2.24, 2.45) is 0 Å². The van der Waals surface area contributed by atoms with Gasteiger partial charge >= 0.3 is 0 Å². The normalized spacial score (nSPS) is 12.7. The Morgan fingerprint density at radius 2 is 1.79 bits per heavy atom. The van der Waals surface area contributed by atoms with Crippen LogP contribution in [0.4, 0.5) is 8.78 Å². The standard InChI is InChI=1S/C30H30F2N2O3S/c1-19-8-23(22-6-7-38-18-22)14-24(9-19)30(36)34-17-29(35)28(13-21-10-25(31)15-26(32)11-21)33-16-20-4-3-5-27(12-20)37-2/h3-12,14-15,18,28-29,33,35H,13,16-17H2,1-2H3,(H,34,36)/t28?,29-/m1/s1. The third kappa shape index (κ3) is 7.47. The van der Waals surface area contributed by atoms with Crippen molar-refractivity contribution in [2.75, 3.05) is 13.7 Å². The van der Waals surface area contributed by atoms with E-state index >= 15 is 0 Å². The number of aryl methyl sites for hydroxylation is 1. The Bertz CT molecular complexity index is 1360. The number of ether oxygens (including phenoxy) is 1. The summed E-state index contributed by atoms with van der Waals surface area (Å²) in [6, 6.07) is 17.8. The van der Waals surface area contributed by atoms with Gasteiger partial charge in [0.25, 0.3) is 5.91 Å². The van der Waals surface area contributed by atoms with Gasteiger partial charge in [0, 0.05) is 30.8 Å². The number of halogens is 2. The summed E-state index contributed by atoms with van der Waals surface area (Å²) >= 11 is 1.58. The van der Waals surface area contributed by atoms with Crippen LogP contribution in [-0.4, -0.2) is 36.8 Å². The zero-order valence-corrected chi connectivity index (χ0v) is 22.0. The molecule has 38 heavy (non-hydrogen) atoms. The molecule has 1 aromatic heterocycles. The third-order valence-corrected chi connectivity index (χ3v) is 6.89. The first kappa shape index (κ1) is 27.4. The minimum Gasteiger partial charge on any atom is -0.497 e. The van der Waals surface area contributed by atoms with Crippen LogP contribution in [0.25, 0.3) is 11.1 Å². The highest BCUT2D eigenvalue weighted by Gasteiger charge is 2.21. The number of methoxy groups -OCH3 is 1. The summed E-state index contributed by atoms with van der Waals surface area (Å²) in [6.45, 7) is 2.26. The van der Waals surface area contributed by atoms with E-state index in [2.05, 4.69) is 10.6 Å². The molecule has 0 aliphatic heterocycles. The molecule has 2 atom stereocenters. The van der Waals surface area contributed by atoms with Gasteiger partial charge in [-0.05, 0) is 94.4 Å². The van der Waals surface area contributed by atoms with Crippen LogP contribution in [0.3, 0.4) is 0 Å². The molecule has 3 aromatic carbocycles. The second kappa shape index (κ2) is 12.8. The third-order valence-electron chi connectivity index (χ3n) is 6.21. The van der Waals surface area contributed by atoms with Gasteiger partial charge in [-0.2, -0.15) is 11.3 Å². The summed E-state index contributed by atoms with van der Waals surface area (Å²) in [6.07, 6.45) is -0.875. The van der Waals surface area contributed by atoms with Crippen LogP contribution < -0.4 is 15.4 Å². The maximum Gasteiger partial charge on any atom is 0.251 e. The molecule has 0 radical (unpaired) electrons. The Balaban J connectivity index is 1.47. The van der Waals surface area contributed by atoms with Crippen LogP contribution >= 0.6 is 11.3 Å². The van der Waals surface area contributed by atoms with Crippen LogP contribution in [0.1, 0.15) is 27.0 Å². The van der Waals surface area contributed by atoms with Gasteiger partial charge in [-0.25, -0.2) is 8.78 Å². The summed E-state index contributed by atoms with van der Waals surface area (Å²) in [5.74, 6) is -0.987. The van der Waals surface area contributed by atoms with E-state index in [1.165, 1.54) is 12.1 Å². The minimum atomic E-state index is -1.03. The van der Waals surface area contributed by atoms with E-state index in [1.54, 1.807) is 24.5 Å². The lowest BCUT2D eigenvalue weighted by molar-refractivity contribution is 0.0875. The van der Waals surface area contributed by atoms with Crippen molar-refractivity contribution in [2.45, 2.75) is 32.0 Å². The number of hydrogen-bond acceptors (Lipinski definition) is 5. The number of thiophene rings is 1. The molecule has 0 aliphatic carbocycles. The van der Waals surface area contributed by atoms with E-state index in [-0.39, 0.29) is 18.9 Å². The largest absolute Gasteiger partial charge is 0.497 e. The quantitative estimate of drug-likeness (QED) is 0.237. The van der Waals surface area contributed by atoms with E-state index in [0.29, 0.717) is 23.4 Å². The molecular weight excluding hydrogens is 506 g/mol. The fourth-order valence-electron chi connectivity index (χ4n) is 4.31. The number of carbonyl (C=O) groups is 1. The van der Waals surface area contributed by atoms with Crippen LogP contribution in [-0.2, 0) is 13.0 Å². The minimum absolute atomic E-state index is 0.0475. The van der Waals surface area contributed by atoms with Gasteiger partial charge in [0.2, 0.25) is 0 Å². The molecule has 8 heteroatoms. The summed E-state index contributed by atoms with van der Waals surface area (Å²) in [4.78, 5) is 13.0. The maximum absolute atomic E-state index is 13.8. The molecule has 3 N–H and O–H groups in total. The Morgan fingerprint density at radius 1 is 1.00 bits per heavy atom. The summed E-state index contributed by atoms with van der Waals surface area (Å²) in [5.41, 5.74) is 4.74. The molecule has 1 unspecified atom stereocenters. The lowest BCUT2D eigenvalue weighted by atomic mass is 9.99. The number of amides is 1. The highest BCUT2D eigenvalue weighted by atomic mass is 32.1. The highest BCUT2D eigenvalue weighted by molar-refractivity contribution is 7.08. The molecule has 0 saturated carbocycles. The van der Waals surface area contributed by atoms with Gasteiger partial charge in [0.15, 0.2) is 0 Å².